The fourth-order valence-corrected chi connectivity index (χ4v) is 5.03. The first kappa shape index (κ1) is 24.0. The number of hydrogen-bond acceptors (Lipinski definition) is 2. The summed E-state index contributed by atoms with van der Waals surface area (Å²) in [5.74, 6) is 1.49. The lowest BCUT2D eigenvalue weighted by molar-refractivity contribution is -0.0875. The number of hydrogen-bond donors (Lipinski definition) is 0. The van der Waals surface area contributed by atoms with Crippen molar-refractivity contribution < 1.29 is 4.74 Å². The van der Waals surface area contributed by atoms with Crippen molar-refractivity contribution in [3.8, 4) is 0 Å². The predicted octanol–water partition coefficient (Wildman–Crippen LogP) is 5.71. The molecule has 0 bridgehead atoms. The van der Waals surface area contributed by atoms with Crippen molar-refractivity contribution in [1.82, 2.24) is 4.90 Å². The third-order valence-electron chi connectivity index (χ3n) is 5.82. The molecule has 2 nitrogen and oxygen atoms in total. The van der Waals surface area contributed by atoms with Gasteiger partial charge in [0.1, 0.15) is 0 Å². The second-order valence-electron chi connectivity index (χ2n) is 7.98. The lowest BCUT2D eigenvalue weighted by Crippen LogP contribution is -2.62. The first-order valence-electron chi connectivity index (χ1n) is 10.3. The first-order valence-corrected chi connectivity index (χ1v) is 10.3. The maximum atomic E-state index is 6.50. The standard InChI is InChI=1S/C17H32BNO.2C2H6/c1-13(2)19-10-8-14-11-16(3,18)9-6-7-15(14)17(19,4)12-20-5;2*1-2/h13-15H,6-12H2,1-5H3;2*1-2H3. The van der Waals surface area contributed by atoms with Gasteiger partial charge in [-0.15, -0.1) is 0 Å². The molecule has 4 unspecified atom stereocenters. The van der Waals surface area contributed by atoms with Crippen LogP contribution in [0, 0.1) is 11.8 Å². The molecule has 0 spiro atoms. The highest BCUT2D eigenvalue weighted by atomic mass is 16.5. The Bertz CT molecular complexity index is 332. The average Bonchev–Trinajstić information content (AvgIpc) is 2.69. The lowest BCUT2D eigenvalue weighted by Gasteiger charge is -2.55. The Hall–Kier alpha value is -0.0151. The molecule has 2 radical (unpaired) electrons. The second-order valence-corrected chi connectivity index (χ2v) is 7.98. The Morgan fingerprint density at radius 1 is 1.12 bits per heavy atom. The van der Waals surface area contributed by atoms with Crippen molar-refractivity contribution in [1.29, 1.82) is 0 Å². The number of rotatable bonds is 3. The fourth-order valence-electron chi connectivity index (χ4n) is 5.03. The van der Waals surface area contributed by atoms with Crippen LogP contribution in [0.4, 0.5) is 0 Å². The molecule has 0 aromatic rings. The average molecular weight is 337 g/mol. The van der Waals surface area contributed by atoms with E-state index < -0.39 is 0 Å². The van der Waals surface area contributed by atoms with Crippen LogP contribution in [0.15, 0.2) is 0 Å². The highest BCUT2D eigenvalue weighted by molar-refractivity contribution is 6.14. The molecular formula is C21H44BNO. The molecule has 4 atom stereocenters. The molecule has 0 aromatic carbocycles. The molecule has 24 heavy (non-hydrogen) atoms. The molecule has 1 aliphatic heterocycles. The van der Waals surface area contributed by atoms with Crippen molar-refractivity contribution in [2.24, 2.45) is 11.8 Å². The van der Waals surface area contributed by atoms with Crippen LogP contribution < -0.4 is 0 Å². The summed E-state index contributed by atoms with van der Waals surface area (Å²) in [6, 6.07) is 0.587. The zero-order valence-electron chi connectivity index (χ0n) is 18.1. The number of likely N-dealkylation sites (tertiary alicyclic amines) is 1. The summed E-state index contributed by atoms with van der Waals surface area (Å²) < 4.78 is 5.63. The summed E-state index contributed by atoms with van der Waals surface area (Å²) in [4.78, 5) is 2.68. The zero-order valence-corrected chi connectivity index (χ0v) is 18.1. The van der Waals surface area contributed by atoms with E-state index in [1.165, 1.54) is 38.6 Å². The van der Waals surface area contributed by atoms with E-state index in [0.717, 1.165) is 18.4 Å². The topological polar surface area (TPSA) is 12.5 Å². The van der Waals surface area contributed by atoms with E-state index >= 15 is 0 Å². The van der Waals surface area contributed by atoms with E-state index in [0.29, 0.717) is 6.04 Å². The number of methoxy groups -OCH3 is 1. The Morgan fingerprint density at radius 2 is 1.71 bits per heavy atom. The van der Waals surface area contributed by atoms with E-state index in [1.807, 2.05) is 34.8 Å². The summed E-state index contributed by atoms with van der Waals surface area (Å²) in [6.07, 6.45) is 6.22. The molecule has 3 heteroatoms. The molecular weight excluding hydrogens is 293 g/mol. The van der Waals surface area contributed by atoms with Gasteiger partial charge in [-0.25, -0.2) is 0 Å². The Morgan fingerprint density at radius 3 is 2.21 bits per heavy atom. The second kappa shape index (κ2) is 10.9. The zero-order chi connectivity index (χ0) is 19.0. The van der Waals surface area contributed by atoms with Gasteiger partial charge in [0, 0.05) is 18.7 Å². The van der Waals surface area contributed by atoms with Gasteiger partial charge in [0.05, 0.1) is 14.5 Å². The molecule has 142 valence electrons. The smallest absolute Gasteiger partial charge is 0.0742 e. The van der Waals surface area contributed by atoms with Crippen LogP contribution in [0.1, 0.15) is 87.5 Å². The van der Waals surface area contributed by atoms with Gasteiger partial charge >= 0.3 is 0 Å². The van der Waals surface area contributed by atoms with Gasteiger partial charge in [0.25, 0.3) is 0 Å². The highest BCUT2D eigenvalue weighted by Crippen LogP contribution is 2.51. The van der Waals surface area contributed by atoms with E-state index in [-0.39, 0.29) is 10.9 Å². The van der Waals surface area contributed by atoms with Gasteiger partial charge in [-0.05, 0) is 52.0 Å². The molecule has 1 heterocycles. The third-order valence-corrected chi connectivity index (χ3v) is 5.82. The van der Waals surface area contributed by atoms with Crippen LogP contribution in [0.2, 0.25) is 5.31 Å². The monoisotopic (exact) mass is 337 g/mol. The van der Waals surface area contributed by atoms with Crippen LogP contribution in [-0.4, -0.2) is 44.6 Å². The molecule has 0 N–H and O–H groups in total. The maximum Gasteiger partial charge on any atom is 0.0742 e. The first-order chi connectivity index (χ1) is 11.3. The Kier molecular flexibility index (Phi) is 10.9. The third kappa shape index (κ3) is 5.76. The Balaban J connectivity index is 0.00000123. The minimum absolute atomic E-state index is 0.0351. The number of nitrogens with zero attached hydrogens (tertiary/aromatic N) is 1. The van der Waals surface area contributed by atoms with Crippen molar-refractivity contribution in [3.63, 3.8) is 0 Å². The van der Waals surface area contributed by atoms with E-state index in [4.69, 9.17) is 12.6 Å². The van der Waals surface area contributed by atoms with Crippen molar-refractivity contribution >= 4 is 7.85 Å². The Labute approximate surface area is 154 Å². The van der Waals surface area contributed by atoms with E-state index in [1.54, 1.807) is 0 Å². The van der Waals surface area contributed by atoms with Gasteiger partial charge in [0.15, 0.2) is 0 Å². The molecule has 1 aliphatic carbocycles. The van der Waals surface area contributed by atoms with Crippen LogP contribution in [0.25, 0.3) is 0 Å². The molecule has 0 aromatic heterocycles. The van der Waals surface area contributed by atoms with E-state index in [2.05, 4.69) is 32.6 Å². The van der Waals surface area contributed by atoms with Crippen LogP contribution >= 0.6 is 0 Å². The number of fused-ring (bicyclic) bond motifs is 1. The summed E-state index contributed by atoms with van der Waals surface area (Å²) >= 11 is 0. The SMILES string of the molecule is CC.CC.[B]C1(C)CCCC2C(CCN(C(C)C)C2(C)COC)C1. The molecule has 2 rings (SSSR count). The van der Waals surface area contributed by atoms with Gasteiger partial charge < -0.3 is 4.74 Å². The number of ether oxygens (including phenoxy) is 1. The van der Waals surface area contributed by atoms with Gasteiger partial charge in [-0.3, -0.25) is 4.90 Å². The highest BCUT2D eigenvalue weighted by Gasteiger charge is 2.49. The summed E-state index contributed by atoms with van der Waals surface area (Å²) in [5.41, 5.74) is 0.173. The van der Waals surface area contributed by atoms with E-state index in [9.17, 15) is 0 Å². The van der Waals surface area contributed by atoms with Gasteiger partial charge in [0.2, 0.25) is 0 Å². The summed E-state index contributed by atoms with van der Waals surface area (Å²) in [7, 11) is 8.34. The molecule has 0 amide bonds. The maximum absolute atomic E-state index is 6.50. The summed E-state index contributed by atoms with van der Waals surface area (Å²) in [5, 5.41) is 0.0351. The fraction of sp³-hybridized carbons (Fsp3) is 1.00. The molecule has 1 saturated heterocycles. The summed E-state index contributed by atoms with van der Waals surface area (Å²) in [6.45, 7) is 19.3. The van der Waals surface area contributed by atoms with Crippen molar-refractivity contribution in [2.45, 2.75) is 104 Å². The molecule has 1 saturated carbocycles. The number of piperidine rings is 1. The van der Waals surface area contributed by atoms with Crippen molar-refractivity contribution in [3.05, 3.63) is 0 Å². The normalized spacial score (nSPS) is 36.6. The predicted molar refractivity (Wildman–Crippen MR) is 109 cm³/mol. The minimum Gasteiger partial charge on any atom is -0.383 e. The lowest BCUT2D eigenvalue weighted by atomic mass is 9.61. The quantitative estimate of drug-likeness (QED) is 0.612. The molecule has 2 fully saturated rings. The minimum atomic E-state index is 0.0351. The molecule has 2 aliphatic rings. The largest absolute Gasteiger partial charge is 0.383 e. The van der Waals surface area contributed by atoms with Crippen LogP contribution in [0.5, 0.6) is 0 Å². The van der Waals surface area contributed by atoms with Crippen LogP contribution in [0.3, 0.4) is 0 Å². The van der Waals surface area contributed by atoms with Crippen molar-refractivity contribution in [2.75, 3.05) is 20.3 Å². The van der Waals surface area contributed by atoms with Gasteiger partial charge in [-0.1, -0.05) is 59.2 Å². The van der Waals surface area contributed by atoms with Crippen LogP contribution in [-0.2, 0) is 4.74 Å². The van der Waals surface area contributed by atoms with Gasteiger partial charge in [-0.2, -0.15) is 0 Å².